The molecule has 0 unspecified atom stereocenters. The highest BCUT2D eigenvalue weighted by Gasteiger charge is 2.39. The molecule has 26 heavy (non-hydrogen) atoms. The van der Waals surface area contributed by atoms with Crippen molar-refractivity contribution in [2.24, 2.45) is 5.92 Å². The molecule has 5 nitrogen and oxygen atoms in total. The Morgan fingerprint density at radius 2 is 1.96 bits per heavy atom. The molecule has 1 saturated carbocycles. The van der Waals surface area contributed by atoms with Crippen molar-refractivity contribution in [3.63, 3.8) is 0 Å². The lowest BCUT2D eigenvalue weighted by atomic mass is 10.1. The maximum Gasteiger partial charge on any atom is 0.261 e. The van der Waals surface area contributed by atoms with Gasteiger partial charge in [-0.3, -0.25) is 9.52 Å². The normalized spacial score (nSPS) is 19.3. The van der Waals surface area contributed by atoms with Crippen LogP contribution in [0.1, 0.15) is 25.3 Å². The van der Waals surface area contributed by atoms with Crippen LogP contribution in [0.15, 0.2) is 47.4 Å². The first-order valence-corrected chi connectivity index (χ1v) is 10.5. The van der Waals surface area contributed by atoms with Crippen molar-refractivity contribution in [2.75, 3.05) is 9.62 Å². The van der Waals surface area contributed by atoms with Crippen LogP contribution in [-0.2, 0) is 21.2 Å². The largest absolute Gasteiger partial charge is 0.309 e. The number of hydrogen-bond donors (Lipinski definition) is 1. The van der Waals surface area contributed by atoms with Gasteiger partial charge in [0.1, 0.15) is 0 Å². The summed E-state index contributed by atoms with van der Waals surface area (Å²) in [4.78, 5) is 14.5. The highest BCUT2D eigenvalue weighted by molar-refractivity contribution is 7.92. The standard InChI is InChI=1S/C19H19ClN2O3S/c1-12-9-14-10-17(7-8-18(14)22(12)19(23)13-5-6-13)26(24,25)21-16-4-2-3-15(20)11-16/h2-4,7-8,10-13,21H,5-6,9H2,1H3/t12-/m1/s1. The zero-order chi connectivity index (χ0) is 18.5. The third-order valence-electron chi connectivity index (χ3n) is 4.82. The number of benzene rings is 2. The van der Waals surface area contributed by atoms with E-state index in [2.05, 4.69) is 4.72 Å². The molecule has 1 atom stereocenters. The van der Waals surface area contributed by atoms with Crippen LogP contribution in [0.3, 0.4) is 0 Å². The second-order valence-electron chi connectivity index (χ2n) is 6.94. The fourth-order valence-electron chi connectivity index (χ4n) is 3.40. The third kappa shape index (κ3) is 3.19. The molecule has 0 bridgehead atoms. The molecule has 0 spiro atoms. The Bertz CT molecular complexity index is 986. The SMILES string of the molecule is C[C@@H]1Cc2cc(S(=O)(=O)Nc3cccc(Cl)c3)ccc2N1C(=O)C1CC1. The smallest absolute Gasteiger partial charge is 0.261 e. The predicted molar refractivity (Wildman–Crippen MR) is 102 cm³/mol. The van der Waals surface area contributed by atoms with Gasteiger partial charge in [-0.2, -0.15) is 0 Å². The summed E-state index contributed by atoms with van der Waals surface area (Å²) in [6.45, 7) is 2.00. The van der Waals surface area contributed by atoms with Crippen LogP contribution in [0, 0.1) is 5.92 Å². The van der Waals surface area contributed by atoms with Crippen molar-refractivity contribution in [3.8, 4) is 0 Å². The van der Waals surface area contributed by atoms with E-state index >= 15 is 0 Å². The van der Waals surface area contributed by atoms with Gasteiger partial charge in [0.25, 0.3) is 10.0 Å². The van der Waals surface area contributed by atoms with Gasteiger partial charge in [0, 0.05) is 22.7 Å². The minimum absolute atomic E-state index is 0.0527. The number of amides is 1. The molecule has 2 aromatic rings. The van der Waals surface area contributed by atoms with Gasteiger partial charge in [0.05, 0.1) is 10.6 Å². The van der Waals surface area contributed by atoms with Crippen LogP contribution in [0.4, 0.5) is 11.4 Å². The quantitative estimate of drug-likeness (QED) is 0.862. The molecule has 0 radical (unpaired) electrons. The Morgan fingerprint density at radius 3 is 2.65 bits per heavy atom. The van der Waals surface area contributed by atoms with E-state index < -0.39 is 10.0 Å². The first-order valence-electron chi connectivity index (χ1n) is 8.59. The van der Waals surface area contributed by atoms with Gasteiger partial charge in [-0.15, -0.1) is 0 Å². The van der Waals surface area contributed by atoms with Crippen LogP contribution in [-0.4, -0.2) is 20.4 Å². The van der Waals surface area contributed by atoms with Gasteiger partial charge in [0.15, 0.2) is 0 Å². The first-order chi connectivity index (χ1) is 12.3. The molecule has 4 rings (SSSR count). The van der Waals surface area contributed by atoms with E-state index in [-0.39, 0.29) is 22.8 Å². The van der Waals surface area contributed by atoms with Gasteiger partial charge >= 0.3 is 0 Å². The summed E-state index contributed by atoms with van der Waals surface area (Å²) in [6.07, 6.45) is 2.56. The number of halogens is 1. The number of carbonyl (C=O) groups excluding carboxylic acids is 1. The van der Waals surface area contributed by atoms with Crippen molar-refractivity contribution >= 4 is 38.9 Å². The molecule has 1 heterocycles. The minimum atomic E-state index is -3.72. The first kappa shape index (κ1) is 17.4. The molecular formula is C19H19ClN2O3S. The molecule has 136 valence electrons. The lowest BCUT2D eigenvalue weighted by Gasteiger charge is -2.22. The highest BCUT2D eigenvalue weighted by Crippen LogP contribution is 2.39. The Kier molecular flexibility index (Phi) is 4.20. The highest BCUT2D eigenvalue weighted by atomic mass is 35.5. The van der Waals surface area contributed by atoms with Gasteiger partial charge < -0.3 is 4.90 Å². The zero-order valence-corrected chi connectivity index (χ0v) is 15.8. The molecule has 1 N–H and O–H groups in total. The van der Waals surface area contributed by atoms with Crippen molar-refractivity contribution in [1.29, 1.82) is 0 Å². The Labute approximate surface area is 158 Å². The molecule has 2 aromatic carbocycles. The maximum atomic E-state index is 12.7. The number of rotatable bonds is 4. The number of hydrogen-bond acceptors (Lipinski definition) is 3. The predicted octanol–water partition coefficient (Wildman–Crippen LogP) is 3.83. The fraction of sp³-hybridized carbons (Fsp3) is 0.316. The van der Waals surface area contributed by atoms with Crippen LogP contribution in [0.25, 0.3) is 0 Å². The molecule has 1 aliphatic heterocycles. The van der Waals surface area contributed by atoms with E-state index in [1.54, 1.807) is 42.5 Å². The second-order valence-corrected chi connectivity index (χ2v) is 9.06. The average molecular weight is 391 g/mol. The van der Waals surface area contributed by atoms with Crippen LogP contribution < -0.4 is 9.62 Å². The Morgan fingerprint density at radius 1 is 1.19 bits per heavy atom. The Hall–Kier alpha value is -2.05. The van der Waals surface area contributed by atoms with Crippen LogP contribution in [0.2, 0.25) is 5.02 Å². The molecule has 1 aliphatic carbocycles. The topological polar surface area (TPSA) is 66.5 Å². The van der Waals surface area contributed by atoms with E-state index in [1.807, 2.05) is 11.8 Å². The molecule has 1 fully saturated rings. The molecule has 0 saturated heterocycles. The summed E-state index contributed by atoms with van der Waals surface area (Å²) in [5.74, 6) is 0.292. The number of nitrogens with one attached hydrogen (secondary N) is 1. The van der Waals surface area contributed by atoms with Gasteiger partial charge in [-0.1, -0.05) is 17.7 Å². The minimum Gasteiger partial charge on any atom is -0.309 e. The van der Waals surface area contributed by atoms with Crippen molar-refractivity contribution < 1.29 is 13.2 Å². The molecule has 7 heteroatoms. The monoisotopic (exact) mass is 390 g/mol. The maximum absolute atomic E-state index is 12.7. The average Bonchev–Trinajstić information content (AvgIpc) is 3.36. The summed E-state index contributed by atoms with van der Waals surface area (Å²) >= 11 is 5.92. The fourth-order valence-corrected chi connectivity index (χ4v) is 4.69. The molecule has 2 aliphatic rings. The summed E-state index contributed by atoms with van der Waals surface area (Å²) in [5, 5.41) is 0.460. The van der Waals surface area contributed by atoms with E-state index in [1.165, 1.54) is 0 Å². The number of fused-ring (bicyclic) bond motifs is 1. The second kappa shape index (κ2) is 6.28. The van der Waals surface area contributed by atoms with E-state index in [9.17, 15) is 13.2 Å². The lowest BCUT2D eigenvalue weighted by molar-refractivity contribution is -0.120. The van der Waals surface area contributed by atoms with Crippen LogP contribution in [0.5, 0.6) is 0 Å². The van der Waals surface area contributed by atoms with E-state index in [0.29, 0.717) is 17.1 Å². The number of nitrogens with zero attached hydrogens (tertiary/aromatic N) is 1. The zero-order valence-electron chi connectivity index (χ0n) is 14.3. The molecular weight excluding hydrogens is 372 g/mol. The van der Waals surface area contributed by atoms with Gasteiger partial charge in [0.2, 0.25) is 5.91 Å². The van der Waals surface area contributed by atoms with Crippen molar-refractivity contribution in [1.82, 2.24) is 0 Å². The molecule has 0 aromatic heterocycles. The van der Waals surface area contributed by atoms with Crippen molar-refractivity contribution in [3.05, 3.63) is 53.1 Å². The molecule has 1 amide bonds. The third-order valence-corrected chi connectivity index (χ3v) is 6.43. The lowest BCUT2D eigenvalue weighted by Crippen LogP contribution is -2.36. The summed E-state index contributed by atoms with van der Waals surface area (Å²) < 4.78 is 27.9. The van der Waals surface area contributed by atoms with Crippen LogP contribution >= 0.6 is 11.6 Å². The number of sulfonamides is 1. The van der Waals surface area contributed by atoms with Gasteiger partial charge in [-0.25, -0.2) is 8.42 Å². The number of carbonyl (C=O) groups is 1. The summed E-state index contributed by atoms with van der Waals surface area (Å²) in [5.41, 5.74) is 2.13. The van der Waals surface area contributed by atoms with E-state index in [4.69, 9.17) is 11.6 Å². The Balaban J connectivity index is 1.63. The van der Waals surface area contributed by atoms with E-state index in [0.717, 1.165) is 24.1 Å². The van der Waals surface area contributed by atoms with Crippen molar-refractivity contribution in [2.45, 2.75) is 37.1 Å². The van der Waals surface area contributed by atoms with Gasteiger partial charge in [-0.05, 0) is 68.1 Å². The summed E-state index contributed by atoms with van der Waals surface area (Å²) in [7, 11) is -3.72. The summed E-state index contributed by atoms with van der Waals surface area (Å²) in [6, 6.07) is 11.6. The number of anilines is 2.